The second kappa shape index (κ2) is 34.7. The number of alkyl carbamates (subject to hydrolysis) is 1. The summed E-state index contributed by atoms with van der Waals surface area (Å²) in [6.45, 7) is 8.16. The van der Waals surface area contributed by atoms with Crippen molar-refractivity contribution >= 4 is 17.9 Å². The summed E-state index contributed by atoms with van der Waals surface area (Å²) >= 11 is 0. The van der Waals surface area contributed by atoms with Gasteiger partial charge in [0, 0.05) is 13.0 Å². The lowest BCUT2D eigenvalue weighted by molar-refractivity contribution is -0.231. The molecule has 11 nitrogen and oxygen atoms in total. The molecular formula is C50H89N3O8. The lowest BCUT2D eigenvalue weighted by Crippen LogP contribution is -2.70. The molecule has 1 heterocycles. The zero-order valence-electron chi connectivity index (χ0n) is 39.0. The van der Waals surface area contributed by atoms with Gasteiger partial charge >= 0.3 is 6.09 Å². The van der Waals surface area contributed by atoms with E-state index in [2.05, 4.69) is 24.5 Å². The van der Waals surface area contributed by atoms with Gasteiger partial charge in [-0.15, -0.1) is 0 Å². The summed E-state index contributed by atoms with van der Waals surface area (Å²) in [7, 11) is 0. The second-order valence-corrected chi connectivity index (χ2v) is 18.1. The smallest absolute Gasteiger partial charge is 0.408 e. The molecular weight excluding hydrogens is 771 g/mol. The quantitative estimate of drug-likeness (QED) is 0.0418. The minimum absolute atomic E-state index is 0.0159. The molecule has 0 aliphatic carbocycles. The highest BCUT2D eigenvalue weighted by molar-refractivity contribution is 5.86. The first-order valence-electron chi connectivity index (χ1n) is 24.8. The predicted molar refractivity (Wildman–Crippen MR) is 246 cm³/mol. The van der Waals surface area contributed by atoms with Gasteiger partial charge in [0.25, 0.3) is 0 Å². The van der Waals surface area contributed by atoms with Crippen LogP contribution in [-0.2, 0) is 25.7 Å². The highest BCUT2D eigenvalue weighted by Crippen LogP contribution is 2.26. The lowest BCUT2D eigenvalue weighted by Gasteiger charge is -2.47. The molecule has 0 spiro atoms. The summed E-state index contributed by atoms with van der Waals surface area (Å²) in [6.07, 6.45) is 24.2. The van der Waals surface area contributed by atoms with Crippen molar-refractivity contribution in [1.29, 1.82) is 0 Å². The number of carbonyl (C=O) groups excluding carboxylic acids is 3. The molecule has 1 fully saturated rings. The van der Waals surface area contributed by atoms with E-state index >= 15 is 0 Å². The van der Waals surface area contributed by atoms with Gasteiger partial charge in [-0.1, -0.05) is 206 Å². The third kappa shape index (κ3) is 24.1. The van der Waals surface area contributed by atoms with Gasteiger partial charge in [0.15, 0.2) is 6.23 Å². The summed E-state index contributed by atoms with van der Waals surface area (Å²) in [6, 6.07) is 7.01. The highest BCUT2D eigenvalue weighted by atomic mass is 16.6. The number of nitrogens with zero attached hydrogens (tertiary/aromatic N) is 1. The van der Waals surface area contributed by atoms with Crippen LogP contribution in [0.3, 0.4) is 0 Å². The maximum Gasteiger partial charge on any atom is 0.408 e. The fourth-order valence-corrected chi connectivity index (χ4v) is 8.35. The van der Waals surface area contributed by atoms with Crippen molar-refractivity contribution in [2.45, 2.75) is 244 Å². The maximum absolute atomic E-state index is 14.1. The third-order valence-corrected chi connectivity index (χ3v) is 12.1. The topological polar surface area (TPSA) is 158 Å². The van der Waals surface area contributed by atoms with Crippen LogP contribution in [0.4, 0.5) is 4.79 Å². The van der Waals surface area contributed by atoms with Crippen molar-refractivity contribution in [2.75, 3.05) is 13.2 Å². The van der Waals surface area contributed by atoms with Gasteiger partial charge in [-0.3, -0.25) is 9.59 Å². The number of aliphatic hydroxyl groups is 3. The zero-order valence-corrected chi connectivity index (χ0v) is 39.0. The monoisotopic (exact) mass is 860 g/mol. The van der Waals surface area contributed by atoms with Crippen molar-refractivity contribution in [3.05, 3.63) is 35.9 Å². The summed E-state index contributed by atoms with van der Waals surface area (Å²) in [5.74, 6) is -0.718. The number of carbonyl (C=O) groups is 3. The van der Waals surface area contributed by atoms with E-state index in [-0.39, 0.29) is 24.9 Å². The highest BCUT2D eigenvalue weighted by Gasteiger charge is 2.48. The molecule has 1 aliphatic rings. The molecule has 61 heavy (non-hydrogen) atoms. The van der Waals surface area contributed by atoms with E-state index in [0.29, 0.717) is 19.4 Å². The minimum atomic E-state index is -1.54. The van der Waals surface area contributed by atoms with Gasteiger partial charge < -0.3 is 40.3 Å². The Hall–Kier alpha value is -2.73. The summed E-state index contributed by atoms with van der Waals surface area (Å²) in [5, 5.41) is 38.2. The van der Waals surface area contributed by atoms with Crippen LogP contribution in [0.25, 0.3) is 0 Å². The Bertz CT molecular complexity index is 1250. The van der Waals surface area contributed by atoms with Crippen molar-refractivity contribution < 1.29 is 39.2 Å². The molecule has 0 aromatic heterocycles. The average molecular weight is 860 g/mol. The molecule has 0 bridgehead atoms. The van der Waals surface area contributed by atoms with Gasteiger partial charge in [0.05, 0.1) is 6.61 Å². The number of rotatable bonds is 36. The number of hydrogen-bond donors (Lipinski definition) is 5. The van der Waals surface area contributed by atoms with Gasteiger partial charge in [0.2, 0.25) is 11.8 Å². The van der Waals surface area contributed by atoms with Crippen LogP contribution >= 0.6 is 0 Å². The number of unbranched alkanes of at least 4 members (excludes halogenated alkanes) is 23. The van der Waals surface area contributed by atoms with Crippen LogP contribution < -0.4 is 10.6 Å². The molecule has 11 heteroatoms. The molecule has 1 aliphatic heterocycles. The fraction of sp³-hybridized carbons (Fsp3) is 0.820. The standard InChI is InChI=1S/C50H89N3O8/c1-5-7-9-11-13-15-17-18-19-20-21-22-24-26-31-35-44(55)53(36-32-27-25-23-16-14-12-10-8-6-2)49-45(47(57)46(56)43(38-54)61-49)52-48(58)42(37-40(3)4)51-50(59)60-39-41-33-29-28-30-34-41/h28-30,33-34,40,42-43,45-47,49,54,56-57H,5-27,31-32,35-39H2,1-4H3,(H,51,59)(H,52,58)/t42-,43+,45+,46+,47+,49+/m0/s1. The van der Waals surface area contributed by atoms with E-state index < -0.39 is 55.2 Å². The maximum atomic E-state index is 14.1. The third-order valence-electron chi connectivity index (χ3n) is 12.1. The SMILES string of the molecule is CCCCCCCCCCCCCCCCCC(=O)N(CCCCCCCCCCCC)[C@@H]1O[C@H](CO)[C@@H](O)[C@H](O)[C@H]1NC(=O)[C@H](CC(C)C)NC(=O)OCc1ccccc1. The van der Waals surface area contributed by atoms with Crippen LogP contribution in [-0.4, -0.2) is 87.9 Å². The Morgan fingerprint density at radius 3 is 1.64 bits per heavy atom. The molecule has 2 rings (SSSR count). The Morgan fingerprint density at radius 2 is 1.16 bits per heavy atom. The number of ether oxygens (including phenoxy) is 2. The Kier molecular flexibility index (Phi) is 31.0. The zero-order chi connectivity index (χ0) is 44.5. The number of hydrogen-bond acceptors (Lipinski definition) is 8. The Morgan fingerprint density at radius 1 is 0.689 bits per heavy atom. The van der Waals surface area contributed by atoms with Crippen LogP contribution in [0, 0.1) is 5.92 Å². The van der Waals surface area contributed by atoms with Crippen molar-refractivity contribution in [3.8, 4) is 0 Å². The minimum Gasteiger partial charge on any atom is -0.445 e. The van der Waals surface area contributed by atoms with Gasteiger partial charge in [-0.2, -0.15) is 0 Å². The molecule has 0 saturated carbocycles. The molecule has 3 amide bonds. The fourth-order valence-electron chi connectivity index (χ4n) is 8.35. The van der Waals surface area contributed by atoms with Crippen LogP contribution in [0.15, 0.2) is 30.3 Å². The predicted octanol–water partition coefficient (Wildman–Crippen LogP) is 10.3. The number of aliphatic hydroxyl groups excluding tert-OH is 3. The number of nitrogens with one attached hydrogen (secondary N) is 2. The molecule has 1 aromatic rings. The number of amides is 3. The van der Waals surface area contributed by atoms with E-state index in [4.69, 9.17) is 9.47 Å². The summed E-state index contributed by atoms with van der Waals surface area (Å²) in [5.41, 5.74) is 0.803. The summed E-state index contributed by atoms with van der Waals surface area (Å²) in [4.78, 5) is 42.7. The number of benzene rings is 1. The first kappa shape index (κ1) is 54.4. The Labute approximate surface area is 370 Å². The molecule has 0 unspecified atom stereocenters. The van der Waals surface area contributed by atoms with E-state index in [1.807, 2.05) is 44.2 Å². The average Bonchev–Trinajstić information content (AvgIpc) is 3.25. The normalized spacial score (nSPS) is 19.4. The molecule has 5 N–H and O–H groups in total. The van der Waals surface area contributed by atoms with E-state index in [1.165, 1.54) is 109 Å². The van der Waals surface area contributed by atoms with Gasteiger partial charge in [-0.05, 0) is 30.7 Å². The van der Waals surface area contributed by atoms with Gasteiger partial charge in [-0.25, -0.2) is 4.79 Å². The first-order chi connectivity index (χ1) is 29.6. The molecule has 352 valence electrons. The van der Waals surface area contributed by atoms with E-state index in [9.17, 15) is 29.7 Å². The van der Waals surface area contributed by atoms with E-state index in [1.54, 1.807) is 4.90 Å². The lowest BCUT2D eigenvalue weighted by atomic mass is 9.94. The molecule has 0 radical (unpaired) electrons. The second-order valence-electron chi connectivity index (χ2n) is 18.1. The van der Waals surface area contributed by atoms with Crippen molar-refractivity contribution in [1.82, 2.24) is 15.5 Å². The Balaban J connectivity index is 2.06. The van der Waals surface area contributed by atoms with Crippen LogP contribution in [0.5, 0.6) is 0 Å². The molecule has 1 saturated heterocycles. The van der Waals surface area contributed by atoms with Crippen LogP contribution in [0.2, 0.25) is 0 Å². The molecule has 1 aromatic carbocycles. The summed E-state index contributed by atoms with van der Waals surface area (Å²) < 4.78 is 11.7. The van der Waals surface area contributed by atoms with Gasteiger partial charge in [0.1, 0.15) is 37.0 Å². The first-order valence-corrected chi connectivity index (χ1v) is 24.8. The van der Waals surface area contributed by atoms with E-state index in [0.717, 1.165) is 50.5 Å². The largest absolute Gasteiger partial charge is 0.445 e. The molecule has 6 atom stereocenters. The van der Waals surface area contributed by atoms with Crippen molar-refractivity contribution in [2.24, 2.45) is 5.92 Å². The van der Waals surface area contributed by atoms with Crippen LogP contribution in [0.1, 0.15) is 207 Å². The van der Waals surface area contributed by atoms with Crippen molar-refractivity contribution in [3.63, 3.8) is 0 Å².